The number of carbonyl (C=O) groups excluding carboxylic acids is 1. The molecule has 2 fully saturated rings. The van der Waals surface area contributed by atoms with Gasteiger partial charge < -0.3 is 15.7 Å². The summed E-state index contributed by atoms with van der Waals surface area (Å²) in [5.74, 6) is 0.145. The zero-order chi connectivity index (χ0) is 22.3. The number of aromatic amines is 1. The Morgan fingerprint density at radius 2 is 2.22 bits per heavy atom. The number of piperidine rings is 1. The molecule has 3 aliphatic heterocycles. The van der Waals surface area contributed by atoms with Gasteiger partial charge in [0.15, 0.2) is 5.82 Å². The summed E-state index contributed by atoms with van der Waals surface area (Å²) in [4.78, 5) is 24.7. The molecule has 10 nitrogen and oxygen atoms in total. The first-order valence-electron chi connectivity index (χ1n) is 11.0. The number of nitrogens with zero attached hydrogens (tertiary/aromatic N) is 5. The highest BCUT2D eigenvalue weighted by atomic mass is 16.3. The number of aliphatic imine (C=N–C) groups is 1. The molecule has 0 radical (unpaired) electrons. The minimum absolute atomic E-state index is 0.0841. The van der Waals surface area contributed by atoms with Crippen LogP contribution in [-0.2, 0) is 10.5 Å². The van der Waals surface area contributed by atoms with Crippen LogP contribution < -0.4 is 10.6 Å². The minimum atomic E-state index is -2.03. The van der Waals surface area contributed by atoms with E-state index in [4.69, 9.17) is 10.3 Å². The molecule has 10 heteroatoms. The summed E-state index contributed by atoms with van der Waals surface area (Å²) in [6.07, 6.45) is 6.15. The smallest absolute Gasteiger partial charge is 0.285 e. The molecule has 4 N–H and O–H groups in total. The van der Waals surface area contributed by atoms with Crippen LogP contribution in [-0.4, -0.2) is 61.6 Å². The Bertz CT molecular complexity index is 1090. The lowest BCUT2D eigenvalue weighted by Gasteiger charge is -2.37. The number of hydrogen-bond acceptors (Lipinski definition) is 7. The van der Waals surface area contributed by atoms with Crippen molar-refractivity contribution in [3.05, 3.63) is 41.3 Å². The summed E-state index contributed by atoms with van der Waals surface area (Å²) < 4.78 is 0. The number of fused-ring (bicyclic) bond motifs is 3. The number of amides is 1. The van der Waals surface area contributed by atoms with Gasteiger partial charge in [0.05, 0.1) is 12.1 Å². The molecule has 2 saturated heterocycles. The fourth-order valence-electron chi connectivity index (χ4n) is 5.22. The number of H-pyrrole nitrogens is 1. The van der Waals surface area contributed by atoms with Gasteiger partial charge in [0.25, 0.3) is 11.6 Å². The molecule has 2 unspecified atom stereocenters. The Hall–Kier alpha value is -3.29. The lowest BCUT2D eigenvalue weighted by atomic mass is 9.97. The van der Waals surface area contributed by atoms with E-state index in [1.54, 1.807) is 18.3 Å². The standard InChI is InChI=1S/C22H26N8O2/c1-13-10-18(29-28-13)26-21(31)22(32)19-17(4-2-8-24-19)20(27-22)25-14-11-15-5-6-16(12-14)30(15)9-3-7-23/h2,4,8,10,14-16,32H,3,5-6,9,11-12H2,1H3,(H,25,27)(H2,26,28,29,31)/t14?,15-,16+,22?. The molecular weight excluding hydrogens is 408 g/mol. The monoisotopic (exact) mass is 434 g/mol. The van der Waals surface area contributed by atoms with Crippen LogP contribution in [0.5, 0.6) is 0 Å². The Morgan fingerprint density at radius 1 is 1.44 bits per heavy atom. The molecule has 2 aromatic heterocycles. The van der Waals surface area contributed by atoms with Gasteiger partial charge in [0, 0.05) is 48.6 Å². The number of rotatable bonds is 5. The second-order valence-corrected chi connectivity index (χ2v) is 8.76. The van der Waals surface area contributed by atoms with Crippen molar-refractivity contribution in [3.63, 3.8) is 0 Å². The quantitative estimate of drug-likeness (QED) is 0.553. The van der Waals surface area contributed by atoms with Crippen molar-refractivity contribution in [2.45, 2.75) is 62.9 Å². The van der Waals surface area contributed by atoms with Gasteiger partial charge in [-0.1, -0.05) is 0 Å². The number of nitrogens with one attached hydrogen (secondary N) is 3. The second-order valence-electron chi connectivity index (χ2n) is 8.76. The average molecular weight is 435 g/mol. The highest BCUT2D eigenvalue weighted by Crippen LogP contribution is 2.38. The summed E-state index contributed by atoms with van der Waals surface area (Å²) in [5, 5.41) is 32.6. The summed E-state index contributed by atoms with van der Waals surface area (Å²) in [6.45, 7) is 2.64. The third-order valence-corrected chi connectivity index (χ3v) is 6.63. The number of aliphatic hydroxyl groups is 1. The van der Waals surface area contributed by atoms with Crippen LogP contribution in [0.25, 0.3) is 0 Å². The van der Waals surface area contributed by atoms with E-state index >= 15 is 0 Å². The van der Waals surface area contributed by atoms with E-state index in [1.807, 2.05) is 13.0 Å². The molecule has 0 aliphatic carbocycles. The van der Waals surface area contributed by atoms with Gasteiger partial charge in [0.2, 0.25) is 0 Å². The molecule has 1 amide bonds. The third kappa shape index (κ3) is 3.53. The van der Waals surface area contributed by atoms with Crippen LogP contribution in [0, 0.1) is 18.3 Å². The average Bonchev–Trinajstić information content (AvgIpc) is 3.39. The fourth-order valence-corrected chi connectivity index (χ4v) is 5.22. The van der Waals surface area contributed by atoms with E-state index in [0.717, 1.165) is 37.9 Å². The number of aryl methyl sites for hydroxylation is 1. The zero-order valence-corrected chi connectivity index (χ0v) is 17.9. The van der Waals surface area contributed by atoms with Gasteiger partial charge in [-0.2, -0.15) is 10.4 Å². The van der Waals surface area contributed by atoms with E-state index in [9.17, 15) is 9.90 Å². The largest absolute Gasteiger partial charge is 0.358 e. The molecule has 5 heterocycles. The van der Waals surface area contributed by atoms with Crippen LogP contribution in [0.15, 0.2) is 29.4 Å². The van der Waals surface area contributed by atoms with Crippen molar-refractivity contribution in [1.82, 2.24) is 25.4 Å². The number of carbonyl (C=O) groups is 1. The van der Waals surface area contributed by atoms with Crippen LogP contribution in [0.4, 0.5) is 5.82 Å². The molecule has 0 spiro atoms. The maximum absolute atomic E-state index is 13.0. The summed E-state index contributed by atoms with van der Waals surface area (Å²) in [5.41, 5.74) is -0.377. The van der Waals surface area contributed by atoms with Crippen molar-refractivity contribution >= 4 is 17.6 Å². The summed E-state index contributed by atoms with van der Waals surface area (Å²) in [6, 6.07) is 8.45. The van der Waals surface area contributed by atoms with Gasteiger partial charge in [-0.25, -0.2) is 0 Å². The normalized spacial score (nSPS) is 30.0. The Balaban J connectivity index is 1.37. The zero-order valence-electron chi connectivity index (χ0n) is 17.9. The van der Waals surface area contributed by atoms with Gasteiger partial charge in [-0.15, -0.1) is 0 Å². The van der Waals surface area contributed by atoms with Crippen molar-refractivity contribution in [3.8, 4) is 6.07 Å². The highest BCUT2D eigenvalue weighted by molar-refractivity contribution is 6.10. The first kappa shape index (κ1) is 20.6. The lowest BCUT2D eigenvalue weighted by molar-refractivity contribution is -0.136. The van der Waals surface area contributed by atoms with Crippen molar-refractivity contribution in [2.75, 3.05) is 11.9 Å². The molecule has 5 rings (SSSR count). The predicted molar refractivity (Wildman–Crippen MR) is 117 cm³/mol. The molecular formula is C22H26N8O2. The van der Waals surface area contributed by atoms with E-state index in [2.05, 4.69) is 36.8 Å². The predicted octanol–water partition coefficient (Wildman–Crippen LogP) is 1.16. The third-order valence-electron chi connectivity index (χ3n) is 6.63. The SMILES string of the molecule is Cc1cc(NC(=O)C2(O)NC(=NC3C[C@H]4CC[C@@H](C3)N4CCC#N)c3cccnc32)n[nH]1. The van der Waals surface area contributed by atoms with E-state index in [0.29, 0.717) is 35.7 Å². The summed E-state index contributed by atoms with van der Waals surface area (Å²) >= 11 is 0. The van der Waals surface area contributed by atoms with E-state index in [1.165, 1.54) is 0 Å². The van der Waals surface area contributed by atoms with Crippen molar-refractivity contribution in [1.29, 1.82) is 5.26 Å². The topological polar surface area (TPSA) is 142 Å². The Morgan fingerprint density at radius 3 is 2.91 bits per heavy atom. The van der Waals surface area contributed by atoms with E-state index < -0.39 is 11.6 Å². The number of anilines is 1. The number of hydrogen-bond donors (Lipinski definition) is 4. The first-order chi connectivity index (χ1) is 15.5. The number of amidine groups is 1. The Kier molecular flexibility index (Phi) is 5.15. The lowest BCUT2D eigenvalue weighted by Crippen LogP contribution is -2.50. The van der Waals surface area contributed by atoms with Gasteiger partial charge in [-0.3, -0.25) is 24.8 Å². The van der Waals surface area contributed by atoms with Crippen LogP contribution in [0.1, 0.15) is 49.1 Å². The molecule has 0 saturated carbocycles. The second kappa shape index (κ2) is 8.00. The number of nitriles is 1. The fraction of sp³-hybridized carbons (Fsp3) is 0.500. The molecule has 2 bridgehead atoms. The Labute approximate surface area is 185 Å². The van der Waals surface area contributed by atoms with Gasteiger partial charge in [0.1, 0.15) is 11.5 Å². The molecule has 0 aromatic carbocycles. The maximum Gasteiger partial charge on any atom is 0.285 e. The molecule has 4 atom stereocenters. The van der Waals surface area contributed by atoms with Gasteiger partial charge >= 0.3 is 0 Å². The number of aromatic nitrogens is 3. The molecule has 2 aromatic rings. The molecule has 3 aliphatic rings. The molecule has 32 heavy (non-hydrogen) atoms. The van der Waals surface area contributed by atoms with Crippen molar-refractivity contribution < 1.29 is 9.90 Å². The van der Waals surface area contributed by atoms with Gasteiger partial charge in [-0.05, 0) is 44.7 Å². The molecule has 166 valence electrons. The number of pyridine rings is 1. The first-order valence-corrected chi connectivity index (χ1v) is 11.0. The van der Waals surface area contributed by atoms with Crippen LogP contribution in [0.3, 0.4) is 0 Å². The summed E-state index contributed by atoms with van der Waals surface area (Å²) in [7, 11) is 0. The van der Waals surface area contributed by atoms with E-state index in [-0.39, 0.29) is 11.7 Å². The van der Waals surface area contributed by atoms with Crippen LogP contribution in [0.2, 0.25) is 0 Å². The highest BCUT2D eigenvalue weighted by Gasteiger charge is 2.49. The minimum Gasteiger partial charge on any atom is -0.358 e. The maximum atomic E-state index is 13.0. The van der Waals surface area contributed by atoms with Crippen LogP contribution >= 0.6 is 0 Å². The van der Waals surface area contributed by atoms with Crippen molar-refractivity contribution in [2.24, 2.45) is 4.99 Å².